The van der Waals surface area contributed by atoms with Crippen molar-refractivity contribution in [3.63, 3.8) is 0 Å². The van der Waals surface area contributed by atoms with Crippen LogP contribution in [-0.2, 0) is 19.3 Å². The van der Waals surface area contributed by atoms with Gasteiger partial charge in [0, 0.05) is 5.56 Å². The number of carbonyl (C=O) groups is 2. The Morgan fingerprint density at radius 1 is 0.972 bits per heavy atom. The van der Waals surface area contributed by atoms with Crippen LogP contribution in [0.25, 0.3) is 11.1 Å². The molecule has 198 valence electrons. The Morgan fingerprint density at radius 2 is 1.58 bits per heavy atom. The van der Waals surface area contributed by atoms with Crippen LogP contribution in [0.3, 0.4) is 0 Å². The van der Waals surface area contributed by atoms with E-state index in [1.165, 1.54) is 37.3 Å². The molecule has 0 saturated carbocycles. The van der Waals surface area contributed by atoms with Gasteiger partial charge >= 0.3 is 22.3 Å². The van der Waals surface area contributed by atoms with Crippen molar-refractivity contribution in [3.8, 4) is 11.1 Å². The molecule has 0 aromatic heterocycles. The molecule has 0 unspecified atom stereocenters. The fraction of sp³-hybridized carbons (Fsp3) is 0.333. The van der Waals surface area contributed by atoms with Gasteiger partial charge < -0.3 is 35.4 Å². The van der Waals surface area contributed by atoms with Crippen molar-refractivity contribution >= 4 is 22.3 Å². The molecule has 0 bridgehead atoms. The van der Waals surface area contributed by atoms with Gasteiger partial charge in [0.25, 0.3) is 0 Å². The van der Waals surface area contributed by atoms with Crippen molar-refractivity contribution in [1.82, 2.24) is 0 Å². The van der Waals surface area contributed by atoms with E-state index in [-0.39, 0.29) is 27.8 Å². The molecule has 36 heavy (non-hydrogen) atoms. The van der Waals surface area contributed by atoms with Crippen LogP contribution in [0, 0.1) is 12.7 Å². The van der Waals surface area contributed by atoms with E-state index in [0.29, 0.717) is 0 Å². The fourth-order valence-electron chi connectivity index (χ4n) is 3.39. The first kappa shape index (κ1) is 29.2. The Morgan fingerprint density at radius 3 is 2.08 bits per heavy atom. The molecule has 5 atom stereocenters. The highest BCUT2D eigenvalue weighted by Gasteiger charge is 2.45. The van der Waals surface area contributed by atoms with E-state index in [2.05, 4.69) is 8.92 Å². The summed E-state index contributed by atoms with van der Waals surface area (Å²) in [5.74, 6) is -3.06. The Hall–Kier alpha value is -3.02. The third kappa shape index (κ3) is 6.80. The lowest BCUT2D eigenvalue weighted by Crippen LogP contribution is -2.59. The van der Waals surface area contributed by atoms with Crippen LogP contribution >= 0.6 is 0 Å². The van der Waals surface area contributed by atoms with E-state index in [1.54, 1.807) is 6.07 Å². The molecule has 1 fully saturated rings. The molecule has 1 saturated heterocycles. The van der Waals surface area contributed by atoms with Gasteiger partial charge in [-0.15, -0.1) is 0 Å². The van der Waals surface area contributed by atoms with Gasteiger partial charge in [-0.3, -0.25) is 4.55 Å². The summed E-state index contributed by atoms with van der Waals surface area (Å²) in [5.41, 5.74) is 0.0891. The molecular weight excluding hydrogens is 511 g/mol. The predicted molar refractivity (Wildman–Crippen MR) is 117 cm³/mol. The summed E-state index contributed by atoms with van der Waals surface area (Å²) in [4.78, 5) is 22.4. The normalized spacial score (nSPS) is 23.9. The molecule has 0 radical (unpaired) electrons. The SMILES string of the molecule is Cc1c(C(=O)O)ccc(-c2ccccc2F)c1C(=O)O.O=S(=O)(O)O[C@@H]1O[C@H](CO)[C@@H](O)[C@H](O)[C@H]1O. The molecule has 0 aliphatic carbocycles. The topological polar surface area (TPSA) is 228 Å². The second kappa shape index (κ2) is 11.8. The standard InChI is InChI=1S/C15H11FO4.C6H12O9S/c1-8-9(14(17)18)6-7-11(13(8)15(19)20)10-4-2-3-5-12(10)16;7-1-2-3(8)4(9)5(10)6(14-2)15-16(11,12)13/h2-7H,1H3,(H,17,18)(H,19,20);2-10H,1H2,(H,11,12,13)/t;2-,3-,4+,5-,6+/m.1/s1. The van der Waals surface area contributed by atoms with Crippen molar-refractivity contribution in [2.45, 2.75) is 37.6 Å². The summed E-state index contributed by atoms with van der Waals surface area (Å²) in [7, 11) is -4.89. The molecule has 1 heterocycles. The van der Waals surface area contributed by atoms with Crippen LogP contribution in [0.15, 0.2) is 36.4 Å². The van der Waals surface area contributed by atoms with Gasteiger partial charge in [0.05, 0.1) is 17.7 Å². The number of hydrogen-bond acceptors (Lipinski definition) is 10. The largest absolute Gasteiger partial charge is 0.478 e. The maximum Gasteiger partial charge on any atom is 0.399 e. The number of carboxylic acids is 2. The number of aliphatic hydroxyl groups excluding tert-OH is 4. The molecule has 13 nitrogen and oxygen atoms in total. The maximum atomic E-state index is 13.8. The Bertz CT molecular complexity index is 1210. The van der Waals surface area contributed by atoms with E-state index in [0.717, 1.165) is 0 Å². The highest BCUT2D eigenvalue weighted by molar-refractivity contribution is 7.80. The number of aromatic carboxylic acids is 2. The van der Waals surface area contributed by atoms with Gasteiger partial charge in [0.1, 0.15) is 30.2 Å². The van der Waals surface area contributed by atoms with Crippen LogP contribution in [0.4, 0.5) is 4.39 Å². The first-order valence-corrected chi connectivity index (χ1v) is 11.4. The van der Waals surface area contributed by atoms with Gasteiger partial charge in [0.2, 0.25) is 6.29 Å². The smallest absolute Gasteiger partial charge is 0.399 e. The lowest BCUT2D eigenvalue weighted by atomic mass is 9.92. The van der Waals surface area contributed by atoms with Gasteiger partial charge in [-0.1, -0.05) is 24.3 Å². The van der Waals surface area contributed by atoms with Crippen LogP contribution < -0.4 is 0 Å². The second-order valence-corrected chi connectivity index (χ2v) is 8.52. The molecule has 1 aliphatic heterocycles. The minimum atomic E-state index is -4.89. The Balaban J connectivity index is 0.000000261. The quantitative estimate of drug-likeness (QED) is 0.239. The number of ether oxygens (including phenoxy) is 1. The molecular formula is C21H23FO13S. The van der Waals surface area contributed by atoms with Crippen molar-refractivity contribution in [1.29, 1.82) is 0 Å². The molecule has 1 aliphatic rings. The summed E-state index contributed by atoms with van der Waals surface area (Å²) in [5, 5.41) is 54.8. The van der Waals surface area contributed by atoms with Gasteiger partial charge in [-0.2, -0.15) is 8.42 Å². The summed E-state index contributed by atoms with van der Waals surface area (Å²) < 4.78 is 51.4. The van der Waals surface area contributed by atoms with Gasteiger partial charge in [-0.25, -0.2) is 18.2 Å². The zero-order valence-electron chi connectivity index (χ0n) is 18.4. The third-order valence-corrected chi connectivity index (χ3v) is 5.57. The number of hydrogen-bond donors (Lipinski definition) is 7. The van der Waals surface area contributed by atoms with Crippen molar-refractivity contribution in [2.24, 2.45) is 0 Å². The number of rotatable bonds is 6. The maximum absolute atomic E-state index is 13.8. The molecule has 7 N–H and O–H groups in total. The van der Waals surface area contributed by atoms with E-state index in [4.69, 9.17) is 14.8 Å². The molecule has 2 aromatic carbocycles. The second-order valence-electron chi connectivity index (χ2n) is 7.47. The lowest BCUT2D eigenvalue weighted by molar-refractivity contribution is -0.277. The van der Waals surface area contributed by atoms with E-state index >= 15 is 0 Å². The monoisotopic (exact) mass is 534 g/mol. The van der Waals surface area contributed by atoms with E-state index < -0.39 is 65.5 Å². The Labute approximate surface area is 203 Å². The number of benzene rings is 2. The molecule has 2 aromatic rings. The minimum Gasteiger partial charge on any atom is -0.478 e. The van der Waals surface area contributed by atoms with E-state index in [9.17, 15) is 42.8 Å². The van der Waals surface area contributed by atoms with Crippen LogP contribution in [0.2, 0.25) is 0 Å². The Kier molecular flexibility index (Phi) is 9.58. The van der Waals surface area contributed by atoms with Crippen molar-refractivity contribution in [2.75, 3.05) is 6.61 Å². The average Bonchev–Trinajstić information content (AvgIpc) is 2.78. The van der Waals surface area contributed by atoms with Crippen LogP contribution in [-0.4, -0.2) is 92.9 Å². The zero-order chi connectivity index (χ0) is 27.4. The molecule has 0 spiro atoms. The van der Waals surface area contributed by atoms with Gasteiger partial charge in [0.15, 0.2) is 0 Å². The van der Waals surface area contributed by atoms with E-state index in [1.807, 2.05) is 0 Å². The zero-order valence-corrected chi connectivity index (χ0v) is 19.2. The summed E-state index contributed by atoms with van der Waals surface area (Å²) in [6.45, 7) is 0.674. The van der Waals surface area contributed by atoms with Gasteiger partial charge in [-0.05, 0) is 30.2 Å². The third-order valence-electron chi connectivity index (χ3n) is 5.14. The number of aliphatic hydroxyl groups is 4. The summed E-state index contributed by atoms with van der Waals surface area (Å²) in [6.07, 6.45) is -8.46. The lowest BCUT2D eigenvalue weighted by Gasteiger charge is -2.38. The van der Waals surface area contributed by atoms with Crippen LogP contribution in [0.5, 0.6) is 0 Å². The van der Waals surface area contributed by atoms with Crippen molar-refractivity contribution in [3.05, 3.63) is 58.9 Å². The summed E-state index contributed by atoms with van der Waals surface area (Å²) >= 11 is 0. The highest BCUT2D eigenvalue weighted by atomic mass is 32.3. The first-order chi connectivity index (χ1) is 16.7. The molecule has 3 rings (SSSR count). The first-order valence-electron chi connectivity index (χ1n) is 10.0. The number of halogens is 1. The van der Waals surface area contributed by atoms with Crippen LogP contribution in [0.1, 0.15) is 26.3 Å². The predicted octanol–water partition coefficient (Wildman–Crippen LogP) is -0.197. The van der Waals surface area contributed by atoms with Crippen molar-refractivity contribution < 1.29 is 66.5 Å². The average molecular weight is 534 g/mol. The summed E-state index contributed by atoms with van der Waals surface area (Å²) in [6, 6.07) is 8.37. The number of carboxylic acid groups (broad SMARTS) is 2. The minimum absolute atomic E-state index is 0.103. The fourth-order valence-corrected chi connectivity index (χ4v) is 3.79. The highest BCUT2D eigenvalue weighted by Crippen LogP contribution is 2.30. The molecule has 0 amide bonds. The molecule has 15 heteroatoms.